The lowest BCUT2D eigenvalue weighted by atomic mass is 10.1. The Kier molecular flexibility index (Phi) is 3.42. The van der Waals surface area contributed by atoms with Crippen LogP contribution in [0, 0.1) is 5.21 Å². The van der Waals surface area contributed by atoms with Gasteiger partial charge in [-0.2, -0.15) is 4.73 Å². The fourth-order valence-electron chi connectivity index (χ4n) is 1.59. The van der Waals surface area contributed by atoms with Crippen molar-refractivity contribution in [2.75, 3.05) is 0 Å². The van der Waals surface area contributed by atoms with Crippen LogP contribution in [-0.2, 0) is 12.8 Å². The molecule has 1 aromatic heterocycles. The summed E-state index contributed by atoms with van der Waals surface area (Å²) in [4.78, 5) is 0. The van der Waals surface area contributed by atoms with E-state index in [-0.39, 0.29) is 0 Å². The molecule has 3 heteroatoms. The Morgan fingerprint density at radius 2 is 1.69 bits per heavy atom. The quantitative estimate of drug-likeness (QED) is 0.592. The van der Waals surface area contributed by atoms with Crippen LogP contribution in [0.25, 0.3) is 0 Å². The highest BCUT2D eigenvalue weighted by molar-refractivity contribution is 6.30. The maximum absolute atomic E-state index is 11.0. The summed E-state index contributed by atoms with van der Waals surface area (Å²) in [6.07, 6.45) is 4.88. The first-order chi connectivity index (χ1) is 7.74. The molecule has 2 aromatic rings. The van der Waals surface area contributed by atoms with Gasteiger partial charge in [-0.3, -0.25) is 0 Å². The first-order valence-electron chi connectivity index (χ1n) is 5.16. The smallest absolute Gasteiger partial charge is 0.183 e. The van der Waals surface area contributed by atoms with E-state index >= 15 is 0 Å². The largest absolute Gasteiger partial charge is 0.619 e. The van der Waals surface area contributed by atoms with Gasteiger partial charge in [0.2, 0.25) is 0 Å². The summed E-state index contributed by atoms with van der Waals surface area (Å²) in [6, 6.07) is 11.5. The highest BCUT2D eigenvalue weighted by Gasteiger charge is 1.99. The van der Waals surface area contributed by atoms with Gasteiger partial charge in [-0.1, -0.05) is 23.7 Å². The molecular weight excluding hydrogens is 222 g/mol. The third kappa shape index (κ3) is 2.97. The van der Waals surface area contributed by atoms with Crippen LogP contribution in [0.15, 0.2) is 48.8 Å². The Labute approximate surface area is 99.7 Å². The van der Waals surface area contributed by atoms with Crippen LogP contribution in [0.1, 0.15) is 11.1 Å². The van der Waals surface area contributed by atoms with Gasteiger partial charge in [-0.25, -0.2) is 0 Å². The molecule has 1 aromatic carbocycles. The Hall–Kier alpha value is -1.54. The van der Waals surface area contributed by atoms with Crippen molar-refractivity contribution in [3.8, 4) is 0 Å². The molecule has 2 rings (SSSR count). The minimum atomic E-state index is 0.751. The number of aryl methyl sites for hydroxylation is 2. The molecule has 0 unspecified atom stereocenters. The molecule has 0 bridgehead atoms. The molecule has 16 heavy (non-hydrogen) atoms. The number of benzene rings is 1. The van der Waals surface area contributed by atoms with Crippen molar-refractivity contribution in [2.24, 2.45) is 0 Å². The number of halogens is 1. The van der Waals surface area contributed by atoms with Crippen molar-refractivity contribution in [1.29, 1.82) is 0 Å². The van der Waals surface area contributed by atoms with Gasteiger partial charge in [0.05, 0.1) is 0 Å². The van der Waals surface area contributed by atoms with Crippen LogP contribution in [0.2, 0.25) is 5.02 Å². The summed E-state index contributed by atoms with van der Waals surface area (Å²) in [7, 11) is 0. The van der Waals surface area contributed by atoms with Crippen molar-refractivity contribution in [2.45, 2.75) is 12.8 Å². The molecule has 0 aliphatic rings. The van der Waals surface area contributed by atoms with E-state index in [1.165, 1.54) is 11.8 Å². The van der Waals surface area contributed by atoms with Gasteiger partial charge in [-0.05, 0) is 36.6 Å². The van der Waals surface area contributed by atoms with Crippen LogP contribution >= 0.6 is 11.6 Å². The first kappa shape index (κ1) is 11.0. The SMILES string of the molecule is [O-][n+]1cccc(CCc2ccc(Cl)cc2)c1. The topological polar surface area (TPSA) is 26.9 Å². The summed E-state index contributed by atoms with van der Waals surface area (Å²) in [5, 5.41) is 11.8. The van der Waals surface area contributed by atoms with Gasteiger partial charge in [0, 0.05) is 16.7 Å². The lowest BCUT2D eigenvalue weighted by Gasteiger charge is -2.02. The maximum atomic E-state index is 11.0. The van der Waals surface area contributed by atoms with Gasteiger partial charge in [0.25, 0.3) is 0 Å². The van der Waals surface area contributed by atoms with Crippen LogP contribution in [0.3, 0.4) is 0 Å². The fourth-order valence-corrected chi connectivity index (χ4v) is 1.71. The van der Waals surface area contributed by atoms with Crippen molar-refractivity contribution < 1.29 is 4.73 Å². The molecule has 1 heterocycles. The molecule has 0 saturated carbocycles. The molecule has 0 N–H and O–H groups in total. The summed E-state index contributed by atoms with van der Waals surface area (Å²) in [5.74, 6) is 0. The van der Waals surface area contributed by atoms with E-state index in [0.29, 0.717) is 0 Å². The minimum Gasteiger partial charge on any atom is -0.619 e. The molecule has 0 fully saturated rings. The van der Waals surface area contributed by atoms with Crippen molar-refractivity contribution in [3.05, 3.63) is 70.1 Å². The standard InChI is InChI=1S/C13H12ClNO/c14-13-7-5-11(6-8-13)3-4-12-2-1-9-15(16)10-12/h1-2,5-10H,3-4H2. The zero-order valence-electron chi connectivity index (χ0n) is 8.77. The molecule has 0 amide bonds. The Balaban J connectivity index is 1.99. The van der Waals surface area contributed by atoms with E-state index in [1.54, 1.807) is 12.3 Å². The van der Waals surface area contributed by atoms with Gasteiger partial charge >= 0.3 is 0 Å². The molecule has 0 saturated heterocycles. The molecular formula is C13H12ClNO. The highest BCUT2D eigenvalue weighted by Crippen LogP contribution is 2.11. The maximum Gasteiger partial charge on any atom is 0.183 e. The molecule has 0 radical (unpaired) electrons. The zero-order valence-corrected chi connectivity index (χ0v) is 9.52. The second-order valence-electron chi connectivity index (χ2n) is 3.70. The Morgan fingerprint density at radius 1 is 1.00 bits per heavy atom. The molecule has 0 aliphatic heterocycles. The third-order valence-corrected chi connectivity index (χ3v) is 2.70. The van der Waals surface area contributed by atoms with Gasteiger partial charge < -0.3 is 5.21 Å². The highest BCUT2D eigenvalue weighted by atomic mass is 35.5. The first-order valence-corrected chi connectivity index (χ1v) is 5.54. The number of hydrogen-bond donors (Lipinski definition) is 0. The van der Waals surface area contributed by atoms with Crippen LogP contribution in [0.5, 0.6) is 0 Å². The van der Waals surface area contributed by atoms with Gasteiger partial charge in [-0.15, -0.1) is 0 Å². The van der Waals surface area contributed by atoms with Crippen LogP contribution < -0.4 is 4.73 Å². The molecule has 2 nitrogen and oxygen atoms in total. The van der Waals surface area contributed by atoms with Crippen molar-refractivity contribution in [1.82, 2.24) is 0 Å². The monoisotopic (exact) mass is 233 g/mol. The van der Waals surface area contributed by atoms with E-state index < -0.39 is 0 Å². The summed E-state index contributed by atoms with van der Waals surface area (Å²) >= 11 is 5.80. The van der Waals surface area contributed by atoms with E-state index in [0.717, 1.165) is 28.2 Å². The van der Waals surface area contributed by atoms with Gasteiger partial charge in [0.15, 0.2) is 12.4 Å². The van der Waals surface area contributed by atoms with E-state index in [9.17, 15) is 5.21 Å². The number of pyridine rings is 1. The predicted molar refractivity (Wildman–Crippen MR) is 64.3 cm³/mol. The third-order valence-electron chi connectivity index (χ3n) is 2.45. The fraction of sp³-hybridized carbons (Fsp3) is 0.154. The Bertz CT molecular complexity index is 468. The second kappa shape index (κ2) is 4.99. The Morgan fingerprint density at radius 3 is 2.38 bits per heavy atom. The summed E-state index contributed by atoms with van der Waals surface area (Å²) in [6.45, 7) is 0. The predicted octanol–water partition coefficient (Wildman–Crippen LogP) is 2.76. The molecule has 82 valence electrons. The second-order valence-corrected chi connectivity index (χ2v) is 4.13. The number of aromatic nitrogens is 1. The van der Waals surface area contributed by atoms with Crippen molar-refractivity contribution in [3.63, 3.8) is 0 Å². The average molecular weight is 234 g/mol. The molecule has 0 aliphatic carbocycles. The van der Waals surface area contributed by atoms with Gasteiger partial charge in [0.1, 0.15) is 0 Å². The average Bonchev–Trinajstić information content (AvgIpc) is 2.28. The molecule has 0 atom stereocenters. The normalized spacial score (nSPS) is 10.3. The lowest BCUT2D eigenvalue weighted by Crippen LogP contribution is -2.24. The van der Waals surface area contributed by atoms with E-state index in [4.69, 9.17) is 11.6 Å². The number of rotatable bonds is 3. The van der Waals surface area contributed by atoms with E-state index in [1.807, 2.05) is 30.3 Å². The van der Waals surface area contributed by atoms with Crippen molar-refractivity contribution >= 4 is 11.6 Å². The summed E-state index contributed by atoms with van der Waals surface area (Å²) < 4.78 is 0.831. The van der Waals surface area contributed by atoms with E-state index in [2.05, 4.69) is 0 Å². The number of hydrogen-bond acceptors (Lipinski definition) is 1. The molecule has 0 spiro atoms. The van der Waals surface area contributed by atoms with Crippen LogP contribution in [0.4, 0.5) is 0 Å². The minimum absolute atomic E-state index is 0.751. The summed E-state index contributed by atoms with van der Waals surface area (Å²) in [5.41, 5.74) is 2.28. The lowest BCUT2D eigenvalue weighted by molar-refractivity contribution is -0.605. The van der Waals surface area contributed by atoms with Crippen LogP contribution in [-0.4, -0.2) is 0 Å². The number of nitrogens with zero attached hydrogens (tertiary/aromatic N) is 1. The zero-order chi connectivity index (χ0) is 11.4.